The van der Waals surface area contributed by atoms with Gasteiger partial charge in [-0.25, -0.2) is 0 Å². The number of nitrogens with zero attached hydrogens (tertiary/aromatic N) is 4. The maximum Gasteiger partial charge on any atom is 0.273 e. The molecule has 0 unspecified atom stereocenters. The van der Waals surface area contributed by atoms with Gasteiger partial charge in [0.15, 0.2) is 11.4 Å². The van der Waals surface area contributed by atoms with Gasteiger partial charge in [-0.05, 0) is 35.5 Å². The van der Waals surface area contributed by atoms with E-state index in [0.29, 0.717) is 5.69 Å². The fourth-order valence-electron chi connectivity index (χ4n) is 1.49. The lowest BCUT2D eigenvalue weighted by Crippen LogP contribution is -1.98. The molecule has 0 amide bonds. The highest BCUT2D eigenvalue weighted by molar-refractivity contribution is 5.50. The van der Waals surface area contributed by atoms with E-state index in [-0.39, 0.29) is 21.9 Å². The number of rotatable bonds is 5. The maximum atomic E-state index is 11.7. The van der Waals surface area contributed by atoms with Crippen molar-refractivity contribution in [2.45, 2.75) is 0 Å². The van der Waals surface area contributed by atoms with E-state index >= 15 is 0 Å². The zero-order chi connectivity index (χ0) is 15.2. The van der Waals surface area contributed by atoms with Gasteiger partial charge in [0.25, 0.3) is 5.69 Å². The lowest BCUT2D eigenvalue weighted by molar-refractivity contribution is -0.439. The van der Waals surface area contributed by atoms with Crippen molar-refractivity contribution in [2.75, 3.05) is 5.43 Å². The normalized spacial score (nSPS) is 11.0. The highest BCUT2D eigenvalue weighted by atomic mass is 16.6. The zero-order valence-corrected chi connectivity index (χ0v) is 10.5. The van der Waals surface area contributed by atoms with Gasteiger partial charge in [0.1, 0.15) is 5.69 Å². The van der Waals surface area contributed by atoms with Crippen molar-refractivity contribution in [1.29, 1.82) is 0 Å². The predicted octanol–water partition coefficient (Wildman–Crippen LogP) is 3.61. The van der Waals surface area contributed by atoms with Gasteiger partial charge < -0.3 is 5.21 Å². The molecule has 0 aliphatic carbocycles. The molecule has 0 heterocycles. The lowest BCUT2D eigenvalue weighted by atomic mass is 10.3. The molecule has 1 N–H and O–H groups in total. The number of hydrogen-bond acceptors (Lipinski definition) is 6. The number of nitro groups is 1. The second kappa shape index (κ2) is 6.19. The first-order valence-corrected chi connectivity index (χ1v) is 5.72. The maximum absolute atomic E-state index is 11.7. The molecule has 0 spiro atoms. The largest absolute Gasteiger partial charge is 0.691 e. The second-order valence-electron chi connectivity index (χ2n) is 3.90. The summed E-state index contributed by atoms with van der Waals surface area (Å²) in [5, 5.41) is 28.5. The standard InChI is InChI=1S/C12H9N5O4/c18-14-9-4-6-11(7-5-9)16(19)15-13-10-2-1-3-12(8-10)17(20)21/h1-8,13H. The summed E-state index contributed by atoms with van der Waals surface area (Å²) in [6.45, 7) is 0. The van der Waals surface area contributed by atoms with E-state index < -0.39 is 4.92 Å². The number of non-ortho nitro benzene ring substituents is 1. The van der Waals surface area contributed by atoms with E-state index in [1.807, 2.05) is 0 Å². The first kappa shape index (κ1) is 14.1. The number of nitro benzene ring substituents is 1. The molecule has 2 rings (SSSR count). The molecular weight excluding hydrogens is 278 g/mol. The van der Waals surface area contributed by atoms with Crippen LogP contribution in [0.5, 0.6) is 0 Å². The fourth-order valence-corrected chi connectivity index (χ4v) is 1.49. The van der Waals surface area contributed by atoms with E-state index in [1.54, 1.807) is 0 Å². The van der Waals surface area contributed by atoms with Crippen LogP contribution >= 0.6 is 0 Å². The number of benzene rings is 2. The van der Waals surface area contributed by atoms with Gasteiger partial charge in [-0.2, -0.15) is 0 Å². The molecule has 0 aliphatic heterocycles. The summed E-state index contributed by atoms with van der Waals surface area (Å²) in [5.41, 5.74) is 2.98. The molecule has 2 aromatic rings. The first-order valence-electron chi connectivity index (χ1n) is 5.72. The third-order valence-electron chi connectivity index (χ3n) is 2.50. The number of nitrogens with one attached hydrogen (secondary N) is 1. The lowest BCUT2D eigenvalue weighted by Gasteiger charge is -2.04. The minimum Gasteiger partial charge on any atom is -0.691 e. The van der Waals surface area contributed by atoms with Gasteiger partial charge in [-0.15, -0.1) is 15.2 Å². The Morgan fingerprint density at radius 1 is 1.00 bits per heavy atom. The van der Waals surface area contributed by atoms with Crippen LogP contribution in [0, 0.1) is 20.2 Å². The van der Waals surface area contributed by atoms with Crippen LogP contribution in [0.25, 0.3) is 0 Å². The van der Waals surface area contributed by atoms with Crippen LogP contribution in [0.2, 0.25) is 0 Å². The second-order valence-corrected chi connectivity index (χ2v) is 3.90. The molecule has 9 nitrogen and oxygen atoms in total. The minimum absolute atomic E-state index is 0.117. The molecule has 0 aliphatic rings. The van der Waals surface area contributed by atoms with Gasteiger partial charge >= 0.3 is 0 Å². The van der Waals surface area contributed by atoms with Crippen LogP contribution in [0.15, 0.2) is 58.9 Å². The Morgan fingerprint density at radius 2 is 1.71 bits per heavy atom. The number of hydrogen-bond donors (Lipinski definition) is 1. The molecule has 0 fully saturated rings. The highest BCUT2D eigenvalue weighted by Crippen LogP contribution is 2.19. The monoisotopic (exact) mass is 287 g/mol. The SMILES string of the molecule is O=Nc1ccc([N+]([O-])=NNc2cccc([N+](=O)[O-])c2)cc1. The summed E-state index contributed by atoms with van der Waals surface area (Å²) >= 11 is 0. The molecular formula is C12H9N5O4. The smallest absolute Gasteiger partial charge is 0.273 e. The molecule has 0 saturated carbocycles. The van der Waals surface area contributed by atoms with Crippen LogP contribution in [0.4, 0.5) is 22.7 Å². The van der Waals surface area contributed by atoms with Crippen molar-refractivity contribution < 1.29 is 9.78 Å². The topological polar surface area (TPSA) is 123 Å². The molecule has 2 aromatic carbocycles. The van der Waals surface area contributed by atoms with Gasteiger partial charge in [-0.3, -0.25) is 10.1 Å². The molecule has 0 radical (unpaired) electrons. The van der Waals surface area contributed by atoms with Gasteiger partial charge in [0.2, 0.25) is 0 Å². The quantitative estimate of drug-likeness (QED) is 0.296. The summed E-state index contributed by atoms with van der Waals surface area (Å²) < 4.78 is 0. The van der Waals surface area contributed by atoms with Crippen molar-refractivity contribution in [3.63, 3.8) is 0 Å². The molecule has 0 atom stereocenters. The highest BCUT2D eigenvalue weighted by Gasteiger charge is 2.07. The Morgan fingerprint density at radius 3 is 2.33 bits per heavy atom. The Kier molecular flexibility index (Phi) is 4.14. The van der Waals surface area contributed by atoms with E-state index in [0.717, 1.165) is 0 Å². The van der Waals surface area contributed by atoms with Crippen molar-refractivity contribution in [3.05, 3.63) is 68.8 Å². The third kappa shape index (κ3) is 3.56. The Labute approximate surface area is 118 Å². The van der Waals surface area contributed by atoms with E-state index in [4.69, 9.17) is 0 Å². The average Bonchev–Trinajstić information content (AvgIpc) is 2.53. The summed E-state index contributed by atoms with van der Waals surface area (Å²) in [6, 6.07) is 11.1. The Hall–Kier alpha value is -3.36. The fraction of sp³-hybridized carbons (Fsp3) is 0. The summed E-state index contributed by atoms with van der Waals surface area (Å²) in [4.78, 5) is 20.6. The van der Waals surface area contributed by atoms with Gasteiger partial charge in [-0.1, -0.05) is 6.07 Å². The Bertz CT molecular complexity index is 699. The van der Waals surface area contributed by atoms with Crippen molar-refractivity contribution in [2.24, 2.45) is 10.4 Å². The molecule has 21 heavy (non-hydrogen) atoms. The Balaban J connectivity index is 2.14. The van der Waals surface area contributed by atoms with Gasteiger partial charge in [0.05, 0.1) is 16.2 Å². The van der Waals surface area contributed by atoms with Crippen molar-refractivity contribution in [3.8, 4) is 0 Å². The number of anilines is 1. The van der Waals surface area contributed by atoms with Gasteiger partial charge in [0, 0.05) is 6.07 Å². The minimum atomic E-state index is -0.550. The zero-order valence-electron chi connectivity index (χ0n) is 10.5. The summed E-state index contributed by atoms with van der Waals surface area (Å²) in [6.07, 6.45) is 0. The van der Waals surface area contributed by atoms with Crippen LogP contribution < -0.4 is 5.43 Å². The number of nitroso groups, excluding NO2 is 1. The summed E-state index contributed by atoms with van der Waals surface area (Å²) in [5.74, 6) is 0. The average molecular weight is 287 g/mol. The molecule has 9 heteroatoms. The van der Waals surface area contributed by atoms with Crippen molar-refractivity contribution >= 4 is 22.7 Å². The first-order chi connectivity index (χ1) is 10.1. The predicted molar refractivity (Wildman–Crippen MR) is 74.3 cm³/mol. The third-order valence-corrected chi connectivity index (χ3v) is 2.50. The molecule has 106 valence electrons. The van der Waals surface area contributed by atoms with E-state index in [1.165, 1.54) is 48.5 Å². The molecule has 0 bridgehead atoms. The molecule has 0 aromatic heterocycles. The van der Waals surface area contributed by atoms with Crippen LogP contribution in [0.3, 0.4) is 0 Å². The van der Waals surface area contributed by atoms with Crippen molar-refractivity contribution in [1.82, 2.24) is 0 Å². The van der Waals surface area contributed by atoms with Crippen LogP contribution in [-0.2, 0) is 0 Å². The molecule has 0 saturated heterocycles. The van der Waals surface area contributed by atoms with E-state index in [2.05, 4.69) is 15.8 Å². The van der Waals surface area contributed by atoms with Crippen LogP contribution in [0.1, 0.15) is 0 Å². The van der Waals surface area contributed by atoms with E-state index in [9.17, 15) is 20.2 Å². The summed E-state index contributed by atoms with van der Waals surface area (Å²) in [7, 11) is 0. The van der Waals surface area contributed by atoms with Crippen LogP contribution in [-0.4, -0.2) is 9.78 Å².